The lowest BCUT2D eigenvalue weighted by molar-refractivity contribution is 0.180. The summed E-state index contributed by atoms with van der Waals surface area (Å²) in [5, 5.41) is 23.5. The molecule has 1 heterocycles. The molecule has 24 heavy (non-hydrogen) atoms. The van der Waals surface area contributed by atoms with Gasteiger partial charge < -0.3 is 10.4 Å². The van der Waals surface area contributed by atoms with Crippen LogP contribution in [0.5, 0.6) is 0 Å². The van der Waals surface area contributed by atoms with E-state index in [-0.39, 0.29) is 0 Å². The second kappa shape index (κ2) is 7.89. The topological polar surface area (TPSA) is 56.0 Å². The third kappa shape index (κ3) is 4.09. The Kier molecular flexibility index (Phi) is 5.39. The molecule has 2 aromatic carbocycles. The predicted molar refractivity (Wildman–Crippen MR) is 99.8 cm³/mol. The van der Waals surface area contributed by atoms with Crippen LogP contribution in [0.15, 0.2) is 60.7 Å². The molecule has 3 rings (SSSR count). The first-order chi connectivity index (χ1) is 11.8. The first-order valence-corrected chi connectivity index (χ1v) is 8.62. The molecule has 0 aliphatic rings. The predicted octanol–water partition coefficient (Wildman–Crippen LogP) is 4.11. The lowest BCUT2D eigenvalue weighted by Crippen LogP contribution is -2.20. The highest BCUT2D eigenvalue weighted by molar-refractivity contribution is 7.19. The van der Waals surface area contributed by atoms with Crippen molar-refractivity contribution < 1.29 is 5.11 Å². The molecule has 120 valence electrons. The second-order valence-electron chi connectivity index (χ2n) is 5.50. The minimum absolute atomic E-state index is 0.495. The van der Waals surface area contributed by atoms with Gasteiger partial charge in [0.25, 0.3) is 0 Å². The molecule has 0 aliphatic carbocycles. The molecule has 0 fully saturated rings. The molecule has 0 saturated carbocycles. The highest BCUT2D eigenvalue weighted by Gasteiger charge is 2.10. The van der Waals surface area contributed by atoms with Crippen molar-refractivity contribution in [2.75, 3.05) is 13.1 Å². The fourth-order valence-electron chi connectivity index (χ4n) is 2.43. The van der Waals surface area contributed by atoms with E-state index in [1.165, 1.54) is 10.1 Å². The zero-order chi connectivity index (χ0) is 16.8. The SMILES string of the molecule is N#Cc1ccc(/C=C/CNCC(O)c2cc3ccccc3s2)cc1. The lowest BCUT2D eigenvalue weighted by Gasteiger charge is -2.08. The number of aliphatic hydroxyl groups is 1. The van der Waals surface area contributed by atoms with Gasteiger partial charge in [0.2, 0.25) is 0 Å². The van der Waals surface area contributed by atoms with E-state index in [1.807, 2.05) is 36.4 Å². The van der Waals surface area contributed by atoms with Crippen molar-refractivity contribution in [1.82, 2.24) is 5.32 Å². The molecule has 4 heteroatoms. The van der Waals surface area contributed by atoms with Crippen LogP contribution in [0.2, 0.25) is 0 Å². The number of hydrogen-bond acceptors (Lipinski definition) is 4. The number of thiophene rings is 1. The molecule has 2 N–H and O–H groups in total. The Hall–Kier alpha value is -2.45. The summed E-state index contributed by atoms with van der Waals surface area (Å²) in [6.07, 6.45) is 3.52. The van der Waals surface area contributed by atoms with Crippen molar-refractivity contribution in [3.05, 3.63) is 76.7 Å². The number of aliphatic hydroxyl groups excluding tert-OH is 1. The lowest BCUT2D eigenvalue weighted by atomic mass is 10.1. The van der Waals surface area contributed by atoms with Crippen LogP contribution in [0.4, 0.5) is 0 Å². The van der Waals surface area contributed by atoms with E-state index in [0.717, 1.165) is 10.4 Å². The quantitative estimate of drug-likeness (QED) is 0.667. The number of nitriles is 1. The monoisotopic (exact) mass is 334 g/mol. The number of nitrogens with zero attached hydrogens (tertiary/aromatic N) is 1. The molecule has 0 bridgehead atoms. The molecule has 0 saturated heterocycles. The fraction of sp³-hybridized carbons (Fsp3) is 0.150. The minimum atomic E-state index is -0.495. The van der Waals surface area contributed by atoms with Crippen molar-refractivity contribution in [1.29, 1.82) is 5.26 Å². The summed E-state index contributed by atoms with van der Waals surface area (Å²) in [7, 11) is 0. The number of hydrogen-bond donors (Lipinski definition) is 2. The summed E-state index contributed by atoms with van der Waals surface area (Å²) >= 11 is 1.64. The van der Waals surface area contributed by atoms with Gasteiger partial charge in [-0.25, -0.2) is 0 Å². The fourth-order valence-corrected chi connectivity index (χ4v) is 3.49. The Morgan fingerprint density at radius 1 is 1.17 bits per heavy atom. The van der Waals surface area contributed by atoms with E-state index in [2.05, 4.69) is 29.6 Å². The third-order valence-corrected chi connectivity index (χ3v) is 4.94. The van der Waals surface area contributed by atoms with Gasteiger partial charge in [-0.2, -0.15) is 5.26 Å². The number of nitrogens with one attached hydrogen (secondary N) is 1. The van der Waals surface area contributed by atoms with Crippen LogP contribution in [0, 0.1) is 11.3 Å². The summed E-state index contributed by atoms with van der Waals surface area (Å²) in [6.45, 7) is 1.20. The van der Waals surface area contributed by atoms with Crippen LogP contribution < -0.4 is 5.32 Å². The van der Waals surface area contributed by atoms with Crippen LogP contribution >= 0.6 is 11.3 Å². The van der Waals surface area contributed by atoms with E-state index in [4.69, 9.17) is 5.26 Å². The number of fused-ring (bicyclic) bond motifs is 1. The van der Waals surface area contributed by atoms with Crippen LogP contribution in [-0.2, 0) is 0 Å². The smallest absolute Gasteiger partial charge is 0.101 e. The van der Waals surface area contributed by atoms with Gasteiger partial charge in [-0.05, 0) is 35.2 Å². The van der Waals surface area contributed by atoms with Gasteiger partial charge in [-0.1, -0.05) is 42.5 Å². The van der Waals surface area contributed by atoms with Crippen molar-refractivity contribution in [2.24, 2.45) is 0 Å². The van der Waals surface area contributed by atoms with E-state index >= 15 is 0 Å². The Balaban J connectivity index is 1.48. The molecular formula is C20H18N2OS. The molecule has 1 unspecified atom stereocenters. The molecular weight excluding hydrogens is 316 g/mol. The Labute approximate surface area is 145 Å². The van der Waals surface area contributed by atoms with E-state index < -0.39 is 6.10 Å². The van der Waals surface area contributed by atoms with Crippen LogP contribution in [0.1, 0.15) is 22.1 Å². The van der Waals surface area contributed by atoms with Gasteiger partial charge in [0, 0.05) is 22.7 Å². The highest BCUT2D eigenvalue weighted by atomic mass is 32.1. The zero-order valence-corrected chi connectivity index (χ0v) is 14.0. The summed E-state index contributed by atoms with van der Waals surface area (Å²) in [6, 6.07) is 19.8. The average Bonchev–Trinajstić information content (AvgIpc) is 3.06. The van der Waals surface area contributed by atoms with E-state index in [1.54, 1.807) is 23.5 Å². The molecule has 3 aromatic rings. The third-order valence-electron chi connectivity index (χ3n) is 3.72. The van der Waals surface area contributed by atoms with Gasteiger partial charge in [0.1, 0.15) is 6.10 Å². The van der Waals surface area contributed by atoms with Crippen LogP contribution in [0.3, 0.4) is 0 Å². The summed E-state index contributed by atoms with van der Waals surface area (Å²) < 4.78 is 1.20. The first kappa shape index (κ1) is 16.4. The van der Waals surface area contributed by atoms with Gasteiger partial charge in [-0.3, -0.25) is 0 Å². The number of benzene rings is 2. The zero-order valence-electron chi connectivity index (χ0n) is 13.1. The van der Waals surface area contributed by atoms with Crippen LogP contribution in [0.25, 0.3) is 16.2 Å². The van der Waals surface area contributed by atoms with Crippen molar-refractivity contribution >= 4 is 27.5 Å². The molecule has 1 atom stereocenters. The Morgan fingerprint density at radius 2 is 1.96 bits per heavy atom. The molecule has 0 radical (unpaired) electrons. The summed E-state index contributed by atoms with van der Waals surface area (Å²) in [5.74, 6) is 0. The van der Waals surface area contributed by atoms with Crippen LogP contribution in [-0.4, -0.2) is 18.2 Å². The molecule has 3 nitrogen and oxygen atoms in total. The maximum Gasteiger partial charge on any atom is 0.101 e. The maximum atomic E-state index is 10.3. The first-order valence-electron chi connectivity index (χ1n) is 7.80. The largest absolute Gasteiger partial charge is 0.386 e. The normalized spacial score (nSPS) is 12.5. The number of rotatable bonds is 6. The Morgan fingerprint density at radius 3 is 2.71 bits per heavy atom. The van der Waals surface area contributed by atoms with Crippen molar-refractivity contribution in [3.63, 3.8) is 0 Å². The summed E-state index contributed by atoms with van der Waals surface area (Å²) in [4.78, 5) is 0.986. The van der Waals surface area contributed by atoms with Gasteiger partial charge in [0.15, 0.2) is 0 Å². The molecule has 0 spiro atoms. The molecule has 0 aliphatic heterocycles. The summed E-state index contributed by atoms with van der Waals surface area (Å²) in [5.41, 5.74) is 1.72. The highest BCUT2D eigenvalue weighted by Crippen LogP contribution is 2.29. The van der Waals surface area contributed by atoms with Gasteiger partial charge in [0.05, 0.1) is 11.6 Å². The van der Waals surface area contributed by atoms with Gasteiger partial charge in [-0.15, -0.1) is 11.3 Å². The van der Waals surface area contributed by atoms with Gasteiger partial charge >= 0.3 is 0 Å². The standard InChI is InChI=1S/C20H18N2OS/c21-13-16-9-7-15(8-10-16)4-3-11-22-14-18(23)20-12-17-5-1-2-6-19(17)24-20/h1-10,12,18,22-23H,11,14H2/b4-3+. The van der Waals surface area contributed by atoms with E-state index in [0.29, 0.717) is 18.7 Å². The van der Waals surface area contributed by atoms with Crippen molar-refractivity contribution in [2.45, 2.75) is 6.10 Å². The molecule has 0 amide bonds. The Bertz CT molecular complexity index is 842. The van der Waals surface area contributed by atoms with Crippen molar-refractivity contribution in [3.8, 4) is 6.07 Å². The van der Waals surface area contributed by atoms with E-state index in [9.17, 15) is 5.11 Å². The minimum Gasteiger partial charge on any atom is -0.386 e. The molecule has 1 aromatic heterocycles. The second-order valence-corrected chi connectivity index (χ2v) is 6.61. The average molecular weight is 334 g/mol. The maximum absolute atomic E-state index is 10.3.